The summed E-state index contributed by atoms with van der Waals surface area (Å²) in [5.41, 5.74) is 2.25. The summed E-state index contributed by atoms with van der Waals surface area (Å²) in [5.74, 6) is 0.222. The Bertz CT molecular complexity index is 1200. The van der Waals surface area contributed by atoms with Crippen LogP contribution in [0.1, 0.15) is 29.1 Å². The molecule has 0 aliphatic carbocycles. The van der Waals surface area contributed by atoms with E-state index in [1.165, 1.54) is 17.0 Å². The molecule has 0 spiro atoms. The van der Waals surface area contributed by atoms with Gasteiger partial charge in [-0.3, -0.25) is 14.9 Å². The van der Waals surface area contributed by atoms with Crippen LogP contribution >= 0.6 is 0 Å². The molecule has 4 aromatic rings. The number of hydrogen-bond donors (Lipinski definition) is 0. The Balaban J connectivity index is 1.70. The Kier molecular flexibility index (Phi) is 5.76. The maximum atomic E-state index is 13.3. The summed E-state index contributed by atoms with van der Waals surface area (Å²) in [7, 11) is 1.64. The lowest BCUT2D eigenvalue weighted by molar-refractivity contribution is -0.384. The average Bonchev–Trinajstić information content (AvgIpc) is 3.29. The lowest BCUT2D eigenvalue weighted by Crippen LogP contribution is -2.30. The monoisotopic (exact) mass is 427 g/mol. The van der Waals surface area contributed by atoms with Crippen LogP contribution in [0, 0.1) is 10.1 Å². The van der Waals surface area contributed by atoms with Crippen molar-refractivity contribution in [3.05, 3.63) is 106 Å². The second-order valence-corrected chi connectivity index (χ2v) is 7.32. The van der Waals surface area contributed by atoms with Gasteiger partial charge in [-0.05, 0) is 24.6 Å². The van der Waals surface area contributed by atoms with Crippen LogP contribution in [0.2, 0.25) is 0 Å². The lowest BCUT2D eigenvalue weighted by atomic mass is 10.1. The fourth-order valence-electron chi connectivity index (χ4n) is 3.38. The van der Waals surface area contributed by atoms with Gasteiger partial charge in [-0.2, -0.15) is 0 Å². The number of rotatable bonds is 6. The van der Waals surface area contributed by atoms with Gasteiger partial charge in [-0.1, -0.05) is 60.7 Å². The lowest BCUT2D eigenvalue weighted by Gasteiger charge is -2.24. The van der Waals surface area contributed by atoms with Crippen molar-refractivity contribution in [3.63, 3.8) is 0 Å². The van der Waals surface area contributed by atoms with Crippen LogP contribution in [-0.2, 0) is 0 Å². The van der Waals surface area contributed by atoms with Gasteiger partial charge in [-0.15, -0.1) is 5.10 Å². The number of nitro groups is 1. The number of benzene rings is 3. The first kappa shape index (κ1) is 20.9. The zero-order valence-corrected chi connectivity index (χ0v) is 17.6. The molecule has 0 bridgehead atoms. The Morgan fingerprint density at radius 3 is 2.31 bits per heavy atom. The zero-order valence-electron chi connectivity index (χ0n) is 17.6. The molecule has 0 radical (unpaired) electrons. The summed E-state index contributed by atoms with van der Waals surface area (Å²) in [6, 6.07) is 24.9. The molecule has 8 nitrogen and oxygen atoms in total. The minimum atomic E-state index is -0.451. The maximum Gasteiger partial charge on any atom is 0.293 e. The number of non-ortho nitro benzene ring substituents is 1. The largest absolute Gasteiger partial charge is 0.332 e. The number of carbonyl (C=O) groups excluding carboxylic acids is 1. The van der Waals surface area contributed by atoms with E-state index < -0.39 is 11.0 Å². The van der Waals surface area contributed by atoms with Crippen molar-refractivity contribution in [2.45, 2.75) is 13.0 Å². The number of para-hydroxylation sites is 1. The van der Waals surface area contributed by atoms with E-state index in [0.717, 1.165) is 11.3 Å². The maximum absolute atomic E-state index is 13.3. The van der Waals surface area contributed by atoms with Gasteiger partial charge in [0.2, 0.25) is 5.82 Å². The van der Waals surface area contributed by atoms with Crippen molar-refractivity contribution < 1.29 is 9.72 Å². The highest BCUT2D eigenvalue weighted by molar-refractivity contribution is 5.91. The molecule has 160 valence electrons. The van der Waals surface area contributed by atoms with Crippen LogP contribution in [-0.4, -0.2) is 37.5 Å². The first-order valence-electron chi connectivity index (χ1n) is 10.0. The van der Waals surface area contributed by atoms with E-state index in [-0.39, 0.29) is 17.4 Å². The molecule has 1 heterocycles. The van der Waals surface area contributed by atoms with Crippen LogP contribution < -0.4 is 0 Å². The molecule has 3 aromatic carbocycles. The number of nitro benzene ring substituents is 1. The van der Waals surface area contributed by atoms with Crippen LogP contribution in [0.15, 0.2) is 84.9 Å². The summed E-state index contributed by atoms with van der Waals surface area (Å²) >= 11 is 0. The van der Waals surface area contributed by atoms with E-state index >= 15 is 0 Å². The Morgan fingerprint density at radius 2 is 1.66 bits per heavy atom. The molecule has 1 atom stereocenters. The Hall–Kier alpha value is -4.33. The van der Waals surface area contributed by atoms with E-state index in [0.29, 0.717) is 11.4 Å². The third kappa shape index (κ3) is 4.11. The quantitative estimate of drug-likeness (QED) is 0.329. The SMILES string of the molecule is CC(c1cccc([N+](=O)[O-])c1)N(C)C(=O)c1nc(-c2ccccc2)n(-c2ccccc2)n1. The first-order chi connectivity index (χ1) is 15.5. The molecule has 0 fully saturated rings. The van der Waals surface area contributed by atoms with Gasteiger partial charge in [0.25, 0.3) is 11.6 Å². The second-order valence-electron chi connectivity index (χ2n) is 7.32. The standard InChI is InChI=1S/C24H21N5O3/c1-17(19-12-9-15-21(16-19)29(31)32)27(2)24(30)22-25-23(18-10-5-3-6-11-18)28(26-22)20-13-7-4-8-14-20/h3-17H,1-2H3. The fraction of sp³-hybridized carbons (Fsp3) is 0.125. The van der Waals surface area contributed by atoms with Crippen molar-refractivity contribution in [2.75, 3.05) is 7.05 Å². The summed E-state index contributed by atoms with van der Waals surface area (Å²) < 4.78 is 1.65. The molecule has 1 aromatic heterocycles. The van der Waals surface area contributed by atoms with Gasteiger partial charge in [0.15, 0.2) is 5.82 Å². The van der Waals surface area contributed by atoms with Crippen molar-refractivity contribution in [2.24, 2.45) is 0 Å². The summed E-state index contributed by atoms with van der Waals surface area (Å²) in [4.78, 5) is 30.0. The minimum Gasteiger partial charge on any atom is -0.332 e. The third-order valence-corrected chi connectivity index (χ3v) is 5.30. The molecular formula is C24H21N5O3. The predicted molar refractivity (Wildman–Crippen MR) is 120 cm³/mol. The van der Waals surface area contributed by atoms with E-state index in [1.54, 1.807) is 23.9 Å². The van der Waals surface area contributed by atoms with Crippen LogP contribution in [0.4, 0.5) is 5.69 Å². The van der Waals surface area contributed by atoms with Gasteiger partial charge in [0.05, 0.1) is 16.7 Å². The van der Waals surface area contributed by atoms with Crippen molar-refractivity contribution in [1.29, 1.82) is 0 Å². The molecule has 1 unspecified atom stereocenters. The van der Waals surface area contributed by atoms with E-state index in [4.69, 9.17) is 0 Å². The summed E-state index contributed by atoms with van der Waals surface area (Å²) in [6.45, 7) is 1.81. The number of amides is 1. The highest BCUT2D eigenvalue weighted by Gasteiger charge is 2.25. The third-order valence-electron chi connectivity index (χ3n) is 5.30. The molecule has 1 amide bonds. The molecule has 0 aliphatic rings. The van der Waals surface area contributed by atoms with E-state index in [2.05, 4.69) is 10.1 Å². The molecule has 8 heteroatoms. The van der Waals surface area contributed by atoms with Crippen LogP contribution in [0.3, 0.4) is 0 Å². The van der Waals surface area contributed by atoms with Gasteiger partial charge in [-0.25, -0.2) is 9.67 Å². The van der Waals surface area contributed by atoms with Crippen LogP contribution in [0.5, 0.6) is 0 Å². The highest BCUT2D eigenvalue weighted by atomic mass is 16.6. The second kappa shape index (κ2) is 8.81. The molecular weight excluding hydrogens is 406 g/mol. The minimum absolute atomic E-state index is 0.0203. The molecule has 0 saturated carbocycles. The molecule has 0 N–H and O–H groups in total. The van der Waals surface area contributed by atoms with Crippen molar-refractivity contribution in [1.82, 2.24) is 19.7 Å². The van der Waals surface area contributed by atoms with Gasteiger partial charge < -0.3 is 4.90 Å². The number of hydrogen-bond acceptors (Lipinski definition) is 5. The molecule has 4 rings (SSSR count). The number of nitrogens with zero attached hydrogens (tertiary/aromatic N) is 5. The molecule has 0 saturated heterocycles. The first-order valence-corrected chi connectivity index (χ1v) is 10.0. The summed E-state index contributed by atoms with van der Waals surface area (Å²) in [5, 5.41) is 15.6. The van der Waals surface area contributed by atoms with Crippen molar-refractivity contribution >= 4 is 11.6 Å². The van der Waals surface area contributed by atoms with E-state index in [9.17, 15) is 14.9 Å². The fourth-order valence-corrected chi connectivity index (χ4v) is 3.38. The highest BCUT2D eigenvalue weighted by Crippen LogP contribution is 2.25. The average molecular weight is 427 g/mol. The Labute approximate surface area is 184 Å². The molecule has 32 heavy (non-hydrogen) atoms. The zero-order chi connectivity index (χ0) is 22.7. The summed E-state index contributed by atoms with van der Waals surface area (Å²) in [6.07, 6.45) is 0. The van der Waals surface area contributed by atoms with Crippen molar-refractivity contribution in [3.8, 4) is 17.1 Å². The predicted octanol–water partition coefficient (Wildman–Crippen LogP) is 4.68. The van der Waals surface area contributed by atoms with Gasteiger partial charge in [0.1, 0.15) is 0 Å². The topological polar surface area (TPSA) is 94.2 Å². The van der Waals surface area contributed by atoms with Crippen LogP contribution in [0.25, 0.3) is 17.1 Å². The normalized spacial score (nSPS) is 11.7. The van der Waals surface area contributed by atoms with Gasteiger partial charge >= 0.3 is 0 Å². The van der Waals surface area contributed by atoms with Gasteiger partial charge in [0, 0.05) is 24.7 Å². The Morgan fingerprint density at radius 1 is 1.00 bits per heavy atom. The number of aromatic nitrogens is 3. The smallest absolute Gasteiger partial charge is 0.293 e. The number of carbonyl (C=O) groups is 1. The van der Waals surface area contributed by atoms with E-state index in [1.807, 2.05) is 67.6 Å². The molecule has 0 aliphatic heterocycles.